The Morgan fingerprint density at radius 2 is 2.00 bits per heavy atom. The van der Waals surface area contributed by atoms with Crippen molar-refractivity contribution in [1.82, 2.24) is 5.32 Å². The van der Waals surface area contributed by atoms with Crippen molar-refractivity contribution in [3.05, 3.63) is 71.8 Å². The van der Waals surface area contributed by atoms with E-state index in [0.29, 0.717) is 17.8 Å². The Kier molecular flexibility index (Phi) is 3.98. The number of rotatable bonds is 4. The lowest BCUT2D eigenvalue weighted by Crippen LogP contribution is -2.22. The fraction of sp³-hybridized carbons (Fsp3) is 0.0625. The Hall–Kier alpha value is -2.55. The van der Waals surface area contributed by atoms with Gasteiger partial charge in [-0.3, -0.25) is 4.79 Å². The molecule has 0 spiro atoms. The van der Waals surface area contributed by atoms with Crippen LogP contribution in [0.3, 0.4) is 0 Å². The molecular formula is C16H16N2O. The Balaban J connectivity index is 2.03. The second-order valence-electron chi connectivity index (χ2n) is 4.26. The number of carbonyl (C=O) groups is 1. The molecule has 0 radical (unpaired) electrons. The SMILES string of the molecule is C=Cc1cccc(C(=O)NCc2cccc(N)c2)c1. The van der Waals surface area contributed by atoms with Crippen LogP contribution in [0.25, 0.3) is 6.08 Å². The summed E-state index contributed by atoms with van der Waals surface area (Å²) in [4.78, 5) is 12.0. The van der Waals surface area contributed by atoms with Crippen molar-refractivity contribution in [2.75, 3.05) is 5.73 Å². The van der Waals surface area contributed by atoms with E-state index in [9.17, 15) is 4.79 Å². The minimum atomic E-state index is -0.105. The lowest BCUT2D eigenvalue weighted by atomic mass is 10.1. The van der Waals surface area contributed by atoms with Gasteiger partial charge < -0.3 is 11.1 Å². The zero-order valence-corrected chi connectivity index (χ0v) is 10.6. The number of nitrogens with two attached hydrogens (primary N) is 1. The molecule has 0 aliphatic rings. The highest BCUT2D eigenvalue weighted by molar-refractivity contribution is 5.94. The number of amides is 1. The highest BCUT2D eigenvalue weighted by atomic mass is 16.1. The summed E-state index contributed by atoms with van der Waals surface area (Å²) in [6.07, 6.45) is 1.72. The Labute approximate surface area is 112 Å². The van der Waals surface area contributed by atoms with Crippen LogP contribution in [0.5, 0.6) is 0 Å². The zero-order chi connectivity index (χ0) is 13.7. The van der Waals surface area contributed by atoms with Crippen LogP contribution in [-0.2, 0) is 6.54 Å². The monoisotopic (exact) mass is 252 g/mol. The molecule has 2 aromatic carbocycles. The van der Waals surface area contributed by atoms with Gasteiger partial charge in [-0.2, -0.15) is 0 Å². The van der Waals surface area contributed by atoms with Crippen molar-refractivity contribution >= 4 is 17.7 Å². The van der Waals surface area contributed by atoms with Gasteiger partial charge in [0.05, 0.1) is 0 Å². The number of nitrogens with one attached hydrogen (secondary N) is 1. The molecule has 0 aliphatic carbocycles. The molecule has 2 aromatic rings. The summed E-state index contributed by atoms with van der Waals surface area (Å²) < 4.78 is 0. The fourth-order valence-electron chi connectivity index (χ4n) is 1.79. The Bertz CT molecular complexity index is 605. The summed E-state index contributed by atoms with van der Waals surface area (Å²) in [5.41, 5.74) is 8.92. The third kappa shape index (κ3) is 3.45. The van der Waals surface area contributed by atoms with Gasteiger partial charge >= 0.3 is 0 Å². The molecule has 19 heavy (non-hydrogen) atoms. The minimum absolute atomic E-state index is 0.105. The third-order valence-electron chi connectivity index (χ3n) is 2.79. The normalized spacial score (nSPS) is 9.89. The van der Waals surface area contributed by atoms with E-state index < -0.39 is 0 Å². The van der Waals surface area contributed by atoms with Gasteiger partial charge in [0.1, 0.15) is 0 Å². The van der Waals surface area contributed by atoms with E-state index >= 15 is 0 Å². The van der Waals surface area contributed by atoms with E-state index in [1.54, 1.807) is 12.1 Å². The van der Waals surface area contributed by atoms with E-state index in [0.717, 1.165) is 11.1 Å². The molecule has 3 heteroatoms. The Morgan fingerprint density at radius 3 is 2.74 bits per heavy atom. The summed E-state index contributed by atoms with van der Waals surface area (Å²) in [7, 11) is 0. The molecule has 0 aliphatic heterocycles. The van der Waals surface area contributed by atoms with Crippen molar-refractivity contribution in [3.8, 4) is 0 Å². The Morgan fingerprint density at radius 1 is 1.21 bits per heavy atom. The van der Waals surface area contributed by atoms with Crippen molar-refractivity contribution < 1.29 is 4.79 Å². The van der Waals surface area contributed by atoms with Crippen molar-refractivity contribution in [1.29, 1.82) is 0 Å². The van der Waals surface area contributed by atoms with Crippen LogP contribution in [0.2, 0.25) is 0 Å². The molecule has 0 unspecified atom stereocenters. The number of nitrogen functional groups attached to an aromatic ring is 1. The molecule has 1 amide bonds. The van der Waals surface area contributed by atoms with E-state index in [4.69, 9.17) is 5.73 Å². The fourth-order valence-corrected chi connectivity index (χ4v) is 1.79. The van der Waals surface area contributed by atoms with Crippen LogP contribution in [0, 0.1) is 0 Å². The van der Waals surface area contributed by atoms with Gasteiger partial charge in [-0.15, -0.1) is 0 Å². The van der Waals surface area contributed by atoms with Crippen molar-refractivity contribution in [2.45, 2.75) is 6.54 Å². The number of carbonyl (C=O) groups excluding carboxylic acids is 1. The summed E-state index contributed by atoms with van der Waals surface area (Å²) in [5, 5.41) is 2.86. The predicted molar refractivity (Wildman–Crippen MR) is 78.6 cm³/mol. The highest BCUT2D eigenvalue weighted by Crippen LogP contribution is 2.08. The van der Waals surface area contributed by atoms with Crippen LogP contribution in [-0.4, -0.2) is 5.91 Å². The maximum absolute atomic E-state index is 12.0. The topological polar surface area (TPSA) is 55.1 Å². The van der Waals surface area contributed by atoms with Crippen LogP contribution >= 0.6 is 0 Å². The van der Waals surface area contributed by atoms with Crippen LogP contribution < -0.4 is 11.1 Å². The van der Waals surface area contributed by atoms with Gasteiger partial charge in [-0.1, -0.05) is 36.9 Å². The average molecular weight is 252 g/mol. The molecular weight excluding hydrogens is 236 g/mol. The summed E-state index contributed by atoms with van der Waals surface area (Å²) in [6, 6.07) is 14.8. The largest absolute Gasteiger partial charge is 0.399 e. The maximum Gasteiger partial charge on any atom is 0.251 e. The van der Waals surface area contributed by atoms with Gasteiger partial charge in [0.15, 0.2) is 0 Å². The van der Waals surface area contributed by atoms with Crippen molar-refractivity contribution in [3.63, 3.8) is 0 Å². The molecule has 0 fully saturated rings. The molecule has 0 saturated carbocycles. The molecule has 0 saturated heterocycles. The number of hydrogen-bond donors (Lipinski definition) is 2. The van der Waals surface area contributed by atoms with Gasteiger partial charge in [-0.25, -0.2) is 0 Å². The molecule has 0 bridgehead atoms. The van der Waals surface area contributed by atoms with E-state index in [1.165, 1.54) is 0 Å². The van der Waals surface area contributed by atoms with E-state index in [2.05, 4.69) is 11.9 Å². The first kappa shape index (κ1) is 12.9. The molecule has 0 aromatic heterocycles. The first-order chi connectivity index (χ1) is 9.19. The molecule has 2 rings (SSSR count). The quantitative estimate of drug-likeness (QED) is 0.822. The second-order valence-corrected chi connectivity index (χ2v) is 4.26. The van der Waals surface area contributed by atoms with Crippen LogP contribution in [0.15, 0.2) is 55.1 Å². The number of anilines is 1. The lowest BCUT2D eigenvalue weighted by molar-refractivity contribution is 0.0951. The summed E-state index contributed by atoms with van der Waals surface area (Å²) >= 11 is 0. The van der Waals surface area contributed by atoms with Gasteiger partial charge in [0, 0.05) is 17.8 Å². The lowest BCUT2D eigenvalue weighted by Gasteiger charge is -2.06. The molecule has 3 N–H and O–H groups in total. The molecule has 3 nitrogen and oxygen atoms in total. The standard InChI is InChI=1S/C16H16N2O/c1-2-12-5-3-7-14(9-12)16(19)18-11-13-6-4-8-15(17)10-13/h2-10H,1,11,17H2,(H,18,19). The van der Waals surface area contributed by atoms with Gasteiger partial charge in [0.25, 0.3) is 5.91 Å². The summed E-state index contributed by atoms with van der Waals surface area (Å²) in [5.74, 6) is -0.105. The highest BCUT2D eigenvalue weighted by Gasteiger charge is 2.05. The van der Waals surface area contributed by atoms with Crippen LogP contribution in [0.1, 0.15) is 21.5 Å². The molecule has 0 atom stereocenters. The van der Waals surface area contributed by atoms with Gasteiger partial charge in [0.2, 0.25) is 0 Å². The number of benzene rings is 2. The minimum Gasteiger partial charge on any atom is -0.399 e. The smallest absolute Gasteiger partial charge is 0.251 e. The first-order valence-electron chi connectivity index (χ1n) is 6.04. The van der Waals surface area contributed by atoms with Crippen LogP contribution in [0.4, 0.5) is 5.69 Å². The first-order valence-corrected chi connectivity index (χ1v) is 6.04. The second kappa shape index (κ2) is 5.87. The van der Waals surface area contributed by atoms with Gasteiger partial charge in [-0.05, 0) is 35.4 Å². The third-order valence-corrected chi connectivity index (χ3v) is 2.79. The molecule has 0 heterocycles. The van der Waals surface area contributed by atoms with E-state index in [1.807, 2.05) is 42.5 Å². The van der Waals surface area contributed by atoms with E-state index in [-0.39, 0.29) is 5.91 Å². The predicted octanol–water partition coefficient (Wildman–Crippen LogP) is 2.84. The number of hydrogen-bond acceptors (Lipinski definition) is 2. The maximum atomic E-state index is 12.0. The summed E-state index contributed by atoms with van der Waals surface area (Å²) in [6.45, 7) is 4.15. The van der Waals surface area contributed by atoms with Crippen molar-refractivity contribution in [2.24, 2.45) is 0 Å². The molecule has 96 valence electrons. The average Bonchev–Trinajstić information content (AvgIpc) is 2.45. The zero-order valence-electron chi connectivity index (χ0n) is 10.6.